The van der Waals surface area contributed by atoms with Crippen molar-refractivity contribution in [2.75, 3.05) is 32.7 Å². The van der Waals surface area contributed by atoms with Gasteiger partial charge in [-0.1, -0.05) is 49.3 Å². The van der Waals surface area contributed by atoms with Crippen LogP contribution in [0.4, 0.5) is 9.59 Å². The molecule has 5 atom stereocenters. The summed E-state index contributed by atoms with van der Waals surface area (Å²) in [6.07, 6.45) is 4.65. The summed E-state index contributed by atoms with van der Waals surface area (Å²) in [6.45, 7) is 6.98. The number of carbonyl (C=O) groups is 5. The van der Waals surface area contributed by atoms with E-state index in [0.29, 0.717) is 39.0 Å². The van der Waals surface area contributed by atoms with Crippen LogP contribution in [0.2, 0.25) is 0 Å². The molecule has 1 aromatic carbocycles. The zero-order valence-corrected chi connectivity index (χ0v) is 31.4. The Labute approximate surface area is 310 Å². The molecule has 4 heterocycles. The van der Waals surface area contributed by atoms with Crippen LogP contribution in [0.5, 0.6) is 0 Å². The minimum atomic E-state index is -4.20. The first-order valence-corrected chi connectivity index (χ1v) is 19.9. The molecule has 6 rings (SSSR count). The average Bonchev–Trinajstić information content (AvgIpc) is 3.40. The molecule has 17 heteroatoms. The molecule has 4 aliphatic heterocycles. The van der Waals surface area contributed by atoms with Crippen LogP contribution < -0.4 is 20.7 Å². The van der Waals surface area contributed by atoms with E-state index >= 15 is 0 Å². The number of piperazine rings is 1. The Balaban J connectivity index is 1.25. The Morgan fingerprint density at radius 2 is 1.70 bits per heavy atom. The number of amides is 5. The Morgan fingerprint density at radius 1 is 1.00 bits per heavy atom. The van der Waals surface area contributed by atoms with Crippen molar-refractivity contribution in [2.45, 2.75) is 108 Å². The average molecular weight is 758 g/mol. The lowest BCUT2D eigenvalue weighted by Gasteiger charge is -2.31. The molecule has 1 aromatic rings. The summed E-state index contributed by atoms with van der Waals surface area (Å²) < 4.78 is 41.2. The second kappa shape index (κ2) is 15.6. The molecular weight excluding hydrogens is 707 g/mol. The molecule has 1 aliphatic carbocycles. The molecule has 5 amide bonds. The zero-order valence-electron chi connectivity index (χ0n) is 30.6. The highest BCUT2D eigenvalue weighted by Gasteiger charge is 2.62. The van der Waals surface area contributed by atoms with Gasteiger partial charge >= 0.3 is 22.4 Å². The zero-order chi connectivity index (χ0) is 38.0. The highest BCUT2D eigenvalue weighted by Crippen LogP contribution is 2.46. The standard InChI is InChI=1S/C36H51N7O9S/c1-35(2,3)52-33(47)38-28-14-8-6-4-5-7-13-26-20-36(26,32(46)40-53(49,50)42-17-15-37-16-18-42)39-30(44)29-19-27(23-43(29)31(28)45)51-34(48)41-21-24-11-9-10-12-25(24)22-41/h7,9-13,26-29,37H,4-6,8,14-23H2,1-3H3,(H,38,47)(H,39,44)(H,40,46)/b13-7+/t26-,27-,28+,29+,36-/m1/s1. The van der Waals surface area contributed by atoms with Gasteiger partial charge in [-0.3, -0.25) is 19.3 Å². The first-order chi connectivity index (χ1) is 25.1. The van der Waals surface area contributed by atoms with Gasteiger partial charge in [0.05, 0.1) is 6.54 Å². The molecule has 290 valence electrons. The van der Waals surface area contributed by atoms with Gasteiger partial charge in [-0.05, 0) is 57.6 Å². The van der Waals surface area contributed by atoms with Crippen molar-refractivity contribution in [1.82, 2.24) is 34.8 Å². The number of nitrogens with zero attached hydrogens (tertiary/aromatic N) is 3. The van der Waals surface area contributed by atoms with Crippen molar-refractivity contribution in [1.29, 1.82) is 0 Å². The molecule has 0 unspecified atom stereocenters. The molecule has 1 saturated carbocycles. The quantitative estimate of drug-likeness (QED) is 0.321. The topological polar surface area (TPSA) is 196 Å². The summed E-state index contributed by atoms with van der Waals surface area (Å²) in [7, 11) is -4.20. The van der Waals surface area contributed by atoms with E-state index < -0.39 is 75.4 Å². The fraction of sp³-hybridized carbons (Fsp3) is 0.639. The molecule has 0 spiro atoms. The third-order valence-corrected chi connectivity index (χ3v) is 11.8. The van der Waals surface area contributed by atoms with Crippen LogP contribution in [-0.4, -0.2) is 114 Å². The fourth-order valence-electron chi connectivity index (χ4n) is 7.45. The minimum Gasteiger partial charge on any atom is -0.444 e. The molecule has 0 radical (unpaired) electrons. The number of ether oxygens (including phenoxy) is 2. The highest BCUT2D eigenvalue weighted by molar-refractivity contribution is 7.87. The van der Waals surface area contributed by atoms with E-state index in [1.54, 1.807) is 25.7 Å². The minimum absolute atomic E-state index is 0.0689. The van der Waals surface area contributed by atoms with Crippen LogP contribution >= 0.6 is 0 Å². The van der Waals surface area contributed by atoms with E-state index in [1.807, 2.05) is 36.4 Å². The highest BCUT2D eigenvalue weighted by atomic mass is 32.2. The maximum atomic E-state index is 14.4. The Morgan fingerprint density at radius 3 is 2.38 bits per heavy atom. The Hall–Kier alpha value is -4.22. The van der Waals surface area contributed by atoms with E-state index in [4.69, 9.17) is 9.47 Å². The third kappa shape index (κ3) is 9.12. The summed E-state index contributed by atoms with van der Waals surface area (Å²) in [5.74, 6) is -2.59. The SMILES string of the molecule is CC(C)(C)OC(=O)N[C@H]1CCCCC/C=C/[C@@H]2C[C@@]2(C(=O)NS(=O)(=O)N2CCNCC2)NC(=O)[C@@H]2C[C@@H](OC(=O)N3Cc4ccccc4C3)CN2C1=O. The van der Waals surface area contributed by atoms with Gasteiger partial charge < -0.3 is 30.3 Å². The van der Waals surface area contributed by atoms with Crippen LogP contribution in [0.3, 0.4) is 0 Å². The summed E-state index contributed by atoms with van der Waals surface area (Å²) in [5.41, 5.74) is -0.388. The molecule has 16 nitrogen and oxygen atoms in total. The van der Waals surface area contributed by atoms with Crippen LogP contribution in [-0.2, 0) is 47.2 Å². The monoisotopic (exact) mass is 757 g/mol. The molecular formula is C36H51N7O9S. The molecule has 0 aromatic heterocycles. The molecule has 4 N–H and O–H groups in total. The largest absolute Gasteiger partial charge is 0.444 e. The van der Waals surface area contributed by atoms with Gasteiger partial charge in [0.25, 0.3) is 5.91 Å². The van der Waals surface area contributed by atoms with Gasteiger partial charge in [-0.25, -0.2) is 14.3 Å². The van der Waals surface area contributed by atoms with Gasteiger partial charge in [0.15, 0.2) is 0 Å². The van der Waals surface area contributed by atoms with Crippen LogP contribution in [0.1, 0.15) is 76.8 Å². The number of hydrogen-bond donors (Lipinski definition) is 4. The van der Waals surface area contributed by atoms with Crippen molar-refractivity contribution < 1.29 is 41.9 Å². The lowest BCUT2D eigenvalue weighted by atomic mass is 10.0. The Kier molecular flexibility index (Phi) is 11.4. The summed E-state index contributed by atoms with van der Waals surface area (Å²) in [4.78, 5) is 71.7. The van der Waals surface area contributed by atoms with Crippen molar-refractivity contribution >= 4 is 40.1 Å². The van der Waals surface area contributed by atoms with Crippen molar-refractivity contribution in [3.63, 3.8) is 0 Å². The Bertz CT molecular complexity index is 1700. The van der Waals surface area contributed by atoms with E-state index in [-0.39, 0.29) is 38.9 Å². The fourth-order valence-corrected chi connectivity index (χ4v) is 8.66. The molecule has 0 bridgehead atoms. The van der Waals surface area contributed by atoms with Gasteiger partial charge in [-0.15, -0.1) is 0 Å². The number of fused-ring (bicyclic) bond motifs is 3. The van der Waals surface area contributed by atoms with Gasteiger partial charge in [-0.2, -0.15) is 12.7 Å². The molecule has 5 aliphatic rings. The third-order valence-electron chi connectivity index (χ3n) is 10.3. The van der Waals surface area contributed by atoms with Crippen molar-refractivity contribution in [3.8, 4) is 0 Å². The van der Waals surface area contributed by atoms with E-state index in [1.165, 1.54) is 9.21 Å². The summed E-state index contributed by atoms with van der Waals surface area (Å²) in [6, 6.07) is 5.45. The van der Waals surface area contributed by atoms with Crippen LogP contribution in [0.15, 0.2) is 36.4 Å². The maximum absolute atomic E-state index is 14.4. The number of allylic oxidation sites excluding steroid dienone is 1. The van der Waals surface area contributed by atoms with Crippen LogP contribution in [0.25, 0.3) is 0 Å². The maximum Gasteiger partial charge on any atom is 0.410 e. The van der Waals surface area contributed by atoms with Gasteiger partial charge in [0, 0.05) is 51.6 Å². The lowest BCUT2D eigenvalue weighted by Crippen LogP contribution is -2.60. The number of rotatable bonds is 5. The smallest absolute Gasteiger partial charge is 0.410 e. The predicted octanol–water partition coefficient (Wildman–Crippen LogP) is 1.66. The lowest BCUT2D eigenvalue weighted by molar-refractivity contribution is -0.141. The van der Waals surface area contributed by atoms with Gasteiger partial charge in [0.1, 0.15) is 29.3 Å². The van der Waals surface area contributed by atoms with Crippen molar-refractivity contribution in [2.24, 2.45) is 5.92 Å². The second-order valence-corrected chi connectivity index (χ2v) is 17.2. The number of benzene rings is 1. The first kappa shape index (κ1) is 38.5. The van der Waals surface area contributed by atoms with Crippen molar-refractivity contribution in [3.05, 3.63) is 47.5 Å². The van der Waals surface area contributed by atoms with E-state index in [0.717, 1.165) is 24.0 Å². The molecule has 53 heavy (non-hydrogen) atoms. The number of carbonyl (C=O) groups excluding carboxylic acids is 5. The van der Waals surface area contributed by atoms with E-state index in [2.05, 4.69) is 20.7 Å². The normalized spacial score (nSPS) is 29.0. The first-order valence-electron chi connectivity index (χ1n) is 18.5. The van der Waals surface area contributed by atoms with Crippen LogP contribution in [0, 0.1) is 5.92 Å². The predicted molar refractivity (Wildman–Crippen MR) is 192 cm³/mol. The molecule has 3 fully saturated rings. The van der Waals surface area contributed by atoms with E-state index in [9.17, 15) is 32.4 Å². The van der Waals surface area contributed by atoms with Gasteiger partial charge in [0.2, 0.25) is 11.8 Å². The number of hydrogen-bond acceptors (Lipinski definition) is 10. The summed E-state index contributed by atoms with van der Waals surface area (Å²) >= 11 is 0. The number of alkyl carbamates (subject to hydrolysis) is 1. The second-order valence-electron chi connectivity index (χ2n) is 15.5. The number of nitrogens with one attached hydrogen (secondary N) is 4. The molecule has 2 saturated heterocycles. The summed E-state index contributed by atoms with van der Waals surface area (Å²) in [5, 5.41) is 8.61.